The standard InChI is InChI=1S/C25H25ClN4O/c26-22-6-3-17(15-28-24(31)25(16-27)7-8-25)11-19(22)13-20-12-18-4-5-21(14-23(18)29-20)30-9-1-2-10-30/h3-6,11,14H,1-2,7-10,12-13,15H2,(H,28,31). The van der Waals surface area contributed by atoms with Crippen molar-refractivity contribution in [2.24, 2.45) is 10.4 Å². The lowest BCUT2D eigenvalue weighted by Crippen LogP contribution is -2.30. The summed E-state index contributed by atoms with van der Waals surface area (Å²) in [5.41, 5.74) is 5.91. The molecule has 2 aliphatic heterocycles. The van der Waals surface area contributed by atoms with Crippen molar-refractivity contribution in [3.8, 4) is 6.07 Å². The molecule has 1 saturated carbocycles. The minimum Gasteiger partial charge on any atom is -0.371 e. The van der Waals surface area contributed by atoms with Crippen LogP contribution in [-0.2, 0) is 24.2 Å². The van der Waals surface area contributed by atoms with Crippen LogP contribution in [-0.4, -0.2) is 24.7 Å². The molecule has 5 nitrogen and oxygen atoms in total. The van der Waals surface area contributed by atoms with E-state index >= 15 is 0 Å². The average Bonchev–Trinajstić information content (AvgIpc) is 3.19. The van der Waals surface area contributed by atoms with E-state index in [1.165, 1.54) is 24.1 Å². The molecule has 1 aliphatic carbocycles. The summed E-state index contributed by atoms with van der Waals surface area (Å²) < 4.78 is 0. The van der Waals surface area contributed by atoms with Crippen molar-refractivity contribution in [3.63, 3.8) is 0 Å². The zero-order chi connectivity index (χ0) is 21.4. The van der Waals surface area contributed by atoms with Crippen molar-refractivity contribution in [2.45, 2.75) is 45.1 Å². The minimum absolute atomic E-state index is 0.170. The lowest BCUT2D eigenvalue weighted by molar-refractivity contribution is -0.124. The van der Waals surface area contributed by atoms with Gasteiger partial charge in [0, 0.05) is 48.9 Å². The van der Waals surface area contributed by atoms with E-state index in [0.29, 0.717) is 30.8 Å². The summed E-state index contributed by atoms with van der Waals surface area (Å²) in [6.45, 7) is 2.66. The van der Waals surface area contributed by atoms with Crippen molar-refractivity contribution < 1.29 is 4.79 Å². The maximum Gasteiger partial charge on any atom is 0.240 e. The smallest absolute Gasteiger partial charge is 0.240 e. The Hall–Kier alpha value is -2.84. The van der Waals surface area contributed by atoms with E-state index in [1.54, 1.807) is 0 Å². The number of fused-ring (bicyclic) bond motifs is 1. The first-order valence-electron chi connectivity index (χ1n) is 11.0. The first-order valence-corrected chi connectivity index (χ1v) is 11.4. The fourth-order valence-corrected chi connectivity index (χ4v) is 4.65. The SMILES string of the molecule is N#CC1(C(=O)NCc2ccc(Cl)c(CC3=Nc4cc(N5CCCC5)ccc4C3)c2)CC1. The minimum atomic E-state index is -0.798. The highest BCUT2D eigenvalue weighted by molar-refractivity contribution is 6.31. The van der Waals surface area contributed by atoms with Gasteiger partial charge in [-0.2, -0.15) is 5.26 Å². The third-order valence-corrected chi connectivity index (χ3v) is 6.94. The molecule has 2 heterocycles. The van der Waals surface area contributed by atoms with Crippen LogP contribution in [0.4, 0.5) is 11.4 Å². The molecule has 1 saturated heterocycles. The second-order valence-electron chi connectivity index (χ2n) is 8.84. The van der Waals surface area contributed by atoms with Crippen LogP contribution in [0.3, 0.4) is 0 Å². The Morgan fingerprint density at radius 1 is 1.19 bits per heavy atom. The van der Waals surface area contributed by atoms with Gasteiger partial charge in [0.1, 0.15) is 5.41 Å². The van der Waals surface area contributed by atoms with Crippen molar-refractivity contribution in [1.82, 2.24) is 5.32 Å². The number of aliphatic imine (C=N–C) groups is 1. The fraction of sp³-hybridized carbons (Fsp3) is 0.400. The molecule has 0 aromatic heterocycles. The van der Waals surface area contributed by atoms with Crippen LogP contribution in [0.5, 0.6) is 0 Å². The summed E-state index contributed by atoms with van der Waals surface area (Å²) in [5.74, 6) is -0.170. The molecule has 1 N–H and O–H groups in total. The monoisotopic (exact) mass is 432 g/mol. The van der Waals surface area contributed by atoms with E-state index in [-0.39, 0.29) is 5.91 Å². The molecule has 0 radical (unpaired) electrons. The van der Waals surface area contributed by atoms with Crippen molar-refractivity contribution in [3.05, 3.63) is 58.1 Å². The van der Waals surface area contributed by atoms with E-state index in [4.69, 9.17) is 16.6 Å². The van der Waals surface area contributed by atoms with Gasteiger partial charge in [0.15, 0.2) is 0 Å². The Labute approximate surface area is 187 Å². The largest absolute Gasteiger partial charge is 0.371 e. The van der Waals surface area contributed by atoms with Gasteiger partial charge in [-0.15, -0.1) is 0 Å². The molecule has 2 aromatic rings. The predicted octanol–water partition coefficient (Wildman–Crippen LogP) is 4.73. The third kappa shape index (κ3) is 4.05. The number of hydrogen-bond acceptors (Lipinski definition) is 4. The van der Waals surface area contributed by atoms with Crippen LogP contribution >= 0.6 is 11.6 Å². The zero-order valence-electron chi connectivity index (χ0n) is 17.5. The normalized spacial score (nSPS) is 18.3. The number of nitriles is 1. The third-order valence-electron chi connectivity index (χ3n) is 6.57. The van der Waals surface area contributed by atoms with Crippen LogP contribution in [0.2, 0.25) is 5.02 Å². The quantitative estimate of drug-likeness (QED) is 0.717. The molecular weight excluding hydrogens is 408 g/mol. The molecule has 0 unspecified atom stereocenters. The van der Waals surface area contributed by atoms with Gasteiger partial charge in [-0.05, 0) is 60.6 Å². The van der Waals surface area contributed by atoms with Gasteiger partial charge in [0.05, 0.1) is 11.8 Å². The second-order valence-corrected chi connectivity index (χ2v) is 9.25. The highest BCUT2D eigenvalue weighted by Gasteiger charge is 2.50. The van der Waals surface area contributed by atoms with E-state index in [2.05, 4.69) is 34.5 Å². The van der Waals surface area contributed by atoms with Gasteiger partial charge in [0.25, 0.3) is 0 Å². The predicted molar refractivity (Wildman–Crippen MR) is 123 cm³/mol. The van der Waals surface area contributed by atoms with Crippen LogP contribution in [0.15, 0.2) is 41.4 Å². The van der Waals surface area contributed by atoms with Crippen molar-refractivity contribution in [1.29, 1.82) is 5.26 Å². The maximum absolute atomic E-state index is 12.2. The Kier molecular flexibility index (Phi) is 5.19. The van der Waals surface area contributed by atoms with Gasteiger partial charge >= 0.3 is 0 Å². The summed E-state index contributed by atoms with van der Waals surface area (Å²) in [7, 11) is 0. The van der Waals surface area contributed by atoms with Crippen molar-refractivity contribution >= 4 is 34.6 Å². The van der Waals surface area contributed by atoms with E-state index in [1.807, 2.05) is 18.2 Å². The van der Waals surface area contributed by atoms with Gasteiger partial charge in [-0.3, -0.25) is 9.79 Å². The molecule has 6 heteroatoms. The van der Waals surface area contributed by atoms with E-state index in [0.717, 1.165) is 42.0 Å². The van der Waals surface area contributed by atoms with E-state index < -0.39 is 5.41 Å². The lowest BCUT2D eigenvalue weighted by atomic mass is 10.0. The number of carbonyl (C=O) groups is 1. The van der Waals surface area contributed by atoms with Crippen LogP contribution < -0.4 is 10.2 Å². The van der Waals surface area contributed by atoms with Crippen LogP contribution in [0, 0.1) is 16.7 Å². The molecule has 1 amide bonds. The van der Waals surface area contributed by atoms with E-state index in [9.17, 15) is 10.1 Å². The molecule has 158 valence electrons. The van der Waals surface area contributed by atoms with Gasteiger partial charge in [0.2, 0.25) is 5.91 Å². The van der Waals surface area contributed by atoms with Crippen LogP contribution in [0.1, 0.15) is 42.4 Å². The number of carbonyl (C=O) groups excluding carboxylic acids is 1. The Balaban J connectivity index is 1.27. The van der Waals surface area contributed by atoms with Crippen molar-refractivity contribution in [2.75, 3.05) is 18.0 Å². The van der Waals surface area contributed by atoms with Crippen LogP contribution in [0.25, 0.3) is 0 Å². The number of halogens is 1. The van der Waals surface area contributed by atoms with Gasteiger partial charge in [-0.1, -0.05) is 29.8 Å². The molecule has 2 aromatic carbocycles. The molecule has 0 spiro atoms. The number of amides is 1. The Bertz CT molecular complexity index is 1110. The molecule has 31 heavy (non-hydrogen) atoms. The number of benzene rings is 2. The number of anilines is 1. The number of rotatable bonds is 6. The number of hydrogen-bond donors (Lipinski definition) is 1. The Morgan fingerprint density at radius 3 is 2.74 bits per heavy atom. The first-order chi connectivity index (χ1) is 15.1. The zero-order valence-corrected chi connectivity index (χ0v) is 18.2. The summed E-state index contributed by atoms with van der Waals surface area (Å²) in [6.07, 6.45) is 5.37. The molecule has 2 fully saturated rings. The number of nitrogens with zero attached hydrogens (tertiary/aromatic N) is 3. The second kappa shape index (κ2) is 8.01. The molecule has 3 aliphatic rings. The van der Waals surface area contributed by atoms with Gasteiger partial charge in [-0.25, -0.2) is 0 Å². The first kappa shape index (κ1) is 20.1. The summed E-state index contributed by atoms with van der Waals surface area (Å²) in [4.78, 5) is 19.6. The topological polar surface area (TPSA) is 68.5 Å². The molecule has 0 atom stereocenters. The molecular formula is C25H25ClN4O. The molecule has 0 bridgehead atoms. The average molecular weight is 433 g/mol. The molecule has 5 rings (SSSR count). The highest BCUT2D eigenvalue weighted by atomic mass is 35.5. The maximum atomic E-state index is 12.2. The Morgan fingerprint density at radius 2 is 2.00 bits per heavy atom. The summed E-state index contributed by atoms with van der Waals surface area (Å²) in [5, 5.41) is 12.8. The number of nitrogens with one attached hydrogen (secondary N) is 1. The summed E-state index contributed by atoms with van der Waals surface area (Å²) >= 11 is 6.47. The fourth-order valence-electron chi connectivity index (χ4n) is 4.47. The lowest BCUT2D eigenvalue weighted by Gasteiger charge is -2.17. The highest BCUT2D eigenvalue weighted by Crippen LogP contribution is 2.45. The van der Waals surface area contributed by atoms with Gasteiger partial charge < -0.3 is 10.2 Å². The summed E-state index contributed by atoms with van der Waals surface area (Å²) in [6, 6.07) is 14.6.